The van der Waals surface area contributed by atoms with Crippen molar-refractivity contribution >= 4 is 34.1 Å². The Hall–Kier alpha value is -4.34. The lowest BCUT2D eigenvalue weighted by molar-refractivity contribution is -0.126. The molecule has 1 aliphatic carbocycles. The van der Waals surface area contributed by atoms with Crippen LogP contribution in [-0.2, 0) is 4.79 Å². The van der Waals surface area contributed by atoms with E-state index in [1.165, 1.54) is 24.5 Å². The number of rotatable bonds is 6. The van der Waals surface area contributed by atoms with Gasteiger partial charge in [-0.05, 0) is 72.6 Å². The van der Waals surface area contributed by atoms with Gasteiger partial charge in [0.25, 0.3) is 5.56 Å². The summed E-state index contributed by atoms with van der Waals surface area (Å²) in [5, 5.41) is 11.8. The van der Waals surface area contributed by atoms with Crippen LogP contribution < -0.4 is 10.5 Å². The van der Waals surface area contributed by atoms with Gasteiger partial charge in [-0.1, -0.05) is 74.5 Å². The Labute approximate surface area is 257 Å². The van der Waals surface area contributed by atoms with E-state index in [4.69, 9.17) is 11.6 Å². The third-order valence-electron chi connectivity index (χ3n) is 8.82. The smallest absolute Gasteiger partial charge is 0.275 e. The van der Waals surface area contributed by atoms with Crippen LogP contribution in [0.5, 0.6) is 0 Å². The van der Waals surface area contributed by atoms with Crippen LogP contribution in [0.3, 0.4) is 0 Å². The van der Waals surface area contributed by atoms with E-state index in [1.807, 2.05) is 43.3 Å². The van der Waals surface area contributed by atoms with Crippen LogP contribution in [0.15, 0.2) is 78.1 Å². The first kappa shape index (κ1) is 28.8. The lowest BCUT2D eigenvalue weighted by Crippen LogP contribution is -2.54. The molecule has 0 radical (unpaired) electrons. The number of para-hydroxylation sites is 1. The molecule has 1 amide bonds. The standard InChI is InChI=1S/C36H35ClN4O2/c1-5-34(42)39-16-17-40(23(4)21-39)35-29-18-31(37)28(26-14-12-25(13-15-26)24-10-11-24)19-33(29)41(36(43)30(35)20-38)32-9-7-6-8-27(32)22(2)3/h5-9,12-15,18-19,22-24H,1,10-11,16-17,21H2,2-4H3/t23-/m0/s1. The Balaban J connectivity index is 1.62. The molecule has 0 unspecified atom stereocenters. The van der Waals surface area contributed by atoms with E-state index in [0.717, 1.165) is 27.8 Å². The van der Waals surface area contributed by atoms with Gasteiger partial charge in [0, 0.05) is 41.6 Å². The molecule has 4 aromatic rings. The monoisotopic (exact) mass is 590 g/mol. The Morgan fingerprint density at radius 2 is 1.81 bits per heavy atom. The number of aromatic nitrogens is 1. The molecular weight excluding hydrogens is 556 g/mol. The van der Waals surface area contributed by atoms with Crippen molar-refractivity contribution in [3.8, 4) is 22.9 Å². The summed E-state index contributed by atoms with van der Waals surface area (Å²) in [4.78, 5) is 30.6. The van der Waals surface area contributed by atoms with Crippen LogP contribution in [0.1, 0.15) is 62.1 Å². The van der Waals surface area contributed by atoms with Gasteiger partial charge in [0.1, 0.15) is 11.6 Å². The summed E-state index contributed by atoms with van der Waals surface area (Å²) in [6, 6.07) is 22.4. The number of carbonyl (C=O) groups excluding carboxylic acids is 1. The highest BCUT2D eigenvalue weighted by atomic mass is 35.5. The Kier molecular flexibility index (Phi) is 7.62. The zero-order valence-electron chi connectivity index (χ0n) is 24.8. The van der Waals surface area contributed by atoms with Gasteiger partial charge in [-0.2, -0.15) is 5.26 Å². The van der Waals surface area contributed by atoms with Crippen molar-refractivity contribution in [2.24, 2.45) is 0 Å². The molecule has 43 heavy (non-hydrogen) atoms. The van der Waals surface area contributed by atoms with Crippen LogP contribution >= 0.6 is 11.6 Å². The SMILES string of the molecule is C=CC(=O)N1CCN(c2c(C#N)c(=O)n(-c3ccccc3C(C)C)c3cc(-c4ccc(C5CC5)cc4)c(Cl)cc23)[C@@H](C)C1. The zero-order valence-corrected chi connectivity index (χ0v) is 25.6. The molecule has 0 bridgehead atoms. The zero-order chi connectivity index (χ0) is 30.4. The fourth-order valence-electron chi connectivity index (χ4n) is 6.40. The molecule has 6 nitrogen and oxygen atoms in total. The fourth-order valence-corrected chi connectivity index (χ4v) is 6.68. The maximum Gasteiger partial charge on any atom is 0.275 e. The highest BCUT2D eigenvalue weighted by Gasteiger charge is 2.31. The van der Waals surface area contributed by atoms with E-state index in [-0.39, 0.29) is 29.0 Å². The highest BCUT2D eigenvalue weighted by molar-refractivity contribution is 6.34. The molecule has 218 valence electrons. The van der Waals surface area contributed by atoms with E-state index in [0.29, 0.717) is 41.8 Å². The van der Waals surface area contributed by atoms with Crippen LogP contribution in [0, 0.1) is 11.3 Å². The van der Waals surface area contributed by atoms with Crippen molar-refractivity contribution in [3.05, 3.63) is 105 Å². The number of hydrogen-bond acceptors (Lipinski definition) is 4. The van der Waals surface area contributed by atoms with Crippen molar-refractivity contribution < 1.29 is 4.79 Å². The van der Waals surface area contributed by atoms with Gasteiger partial charge in [0.15, 0.2) is 0 Å². The number of piperazine rings is 1. The maximum atomic E-state index is 14.4. The topological polar surface area (TPSA) is 69.3 Å². The molecule has 2 heterocycles. The van der Waals surface area contributed by atoms with Crippen LogP contribution in [-0.4, -0.2) is 41.1 Å². The summed E-state index contributed by atoms with van der Waals surface area (Å²) >= 11 is 7.05. The van der Waals surface area contributed by atoms with Crippen molar-refractivity contribution in [1.82, 2.24) is 9.47 Å². The molecule has 1 saturated heterocycles. The summed E-state index contributed by atoms with van der Waals surface area (Å²) < 4.78 is 1.69. The number of hydrogen-bond donors (Lipinski definition) is 0. The minimum Gasteiger partial charge on any atom is -0.363 e. The van der Waals surface area contributed by atoms with E-state index < -0.39 is 0 Å². The summed E-state index contributed by atoms with van der Waals surface area (Å²) in [7, 11) is 0. The molecule has 1 saturated carbocycles. The molecule has 0 spiro atoms. The van der Waals surface area contributed by atoms with Crippen molar-refractivity contribution in [1.29, 1.82) is 5.26 Å². The average molecular weight is 591 g/mol. The minimum absolute atomic E-state index is 0.0685. The number of nitrogens with zero attached hydrogens (tertiary/aromatic N) is 4. The number of nitriles is 1. The Morgan fingerprint density at radius 3 is 2.44 bits per heavy atom. The molecule has 1 aliphatic heterocycles. The Morgan fingerprint density at radius 1 is 1.09 bits per heavy atom. The largest absolute Gasteiger partial charge is 0.363 e. The van der Waals surface area contributed by atoms with E-state index in [9.17, 15) is 14.9 Å². The van der Waals surface area contributed by atoms with Gasteiger partial charge < -0.3 is 9.80 Å². The first-order chi connectivity index (χ1) is 20.7. The van der Waals surface area contributed by atoms with Crippen LogP contribution in [0.2, 0.25) is 5.02 Å². The first-order valence-corrected chi connectivity index (χ1v) is 15.3. The third kappa shape index (κ3) is 5.13. The normalized spacial score (nSPS) is 16.9. The number of anilines is 1. The van der Waals surface area contributed by atoms with Crippen molar-refractivity contribution in [3.63, 3.8) is 0 Å². The summed E-state index contributed by atoms with van der Waals surface area (Å²) in [5.41, 5.74) is 5.87. The molecule has 7 heteroatoms. The molecule has 3 aromatic carbocycles. The number of fused-ring (bicyclic) bond motifs is 1. The number of halogens is 1. The first-order valence-electron chi connectivity index (χ1n) is 14.9. The molecule has 1 atom stereocenters. The maximum absolute atomic E-state index is 14.4. The predicted molar refractivity (Wildman–Crippen MR) is 174 cm³/mol. The minimum atomic E-state index is -0.368. The fraction of sp³-hybridized carbons (Fsp3) is 0.306. The lowest BCUT2D eigenvalue weighted by Gasteiger charge is -2.41. The summed E-state index contributed by atoms with van der Waals surface area (Å²) in [6.07, 6.45) is 3.79. The van der Waals surface area contributed by atoms with E-state index >= 15 is 0 Å². The van der Waals surface area contributed by atoms with Crippen molar-refractivity contribution in [2.75, 3.05) is 24.5 Å². The van der Waals surface area contributed by atoms with E-state index in [2.05, 4.69) is 55.7 Å². The van der Waals surface area contributed by atoms with Gasteiger partial charge in [-0.3, -0.25) is 14.2 Å². The highest BCUT2D eigenvalue weighted by Crippen LogP contribution is 2.42. The predicted octanol–water partition coefficient (Wildman–Crippen LogP) is 7.41. The van der Waals surface area contributed by atoms with Crippen LogP contribution in [0.25, 0.3) is 27.7 Å². The quantitative estimate of drug-likeness (QED) is 0.219. The molecular formula is C36H35ClN4O2. The average Bonchev–Trinajstić information content (AvgIpc) is 3.86. The number of carbonyl (C=O) groups is 1. The second kappa shape index (κ2) is 11.4. The summed E-state index contributed by atoms with van der Waals surface area (Å²) in [5.74, 6) is 0.675. The van der Waals surface area contributed by atoms with Gasteiger partial charge in [0.05, 0.1) is 16.9 Å². The van der Waals surface area contributed by atoms with Gasteiger partial charge in [-0.15, -0.1) is 0 Å². The van der Waals surface area contributed by atoms with Gasteiger partial charge in [-0.25, -0.2) is 0 Å². The van der Waals surface area contributed by atoms with Gasteiger partial charge >= 0.3 is 0 Å². The molecule has 1 aromatic heterocycles. The molecule has 6 rings (SSSR count). The number of pyridine rings is 1. The Bertz CT molecular complexity index is 1850. The third-order valence-corrected chi connectivity index (χ3v) is 9.13. The second-order valence-corrected chi connectivity index (χ2v) is 12.4. The molecule has 2 aliphatic rings. The lowest BCUT2D eigenvalue weighted by atomic mass is 9.97. The number of benzene rings is 3. The van der Waals surface area contributed by atoms with Crippen molar-refractivity contribution in [2.45, 2.75) is 51.5 Å². The molecule has 2 fully saturated rings. The van der Waals surface area contributed by atoms with Crippen LogP contribution in [0.4, 0.5) is 5.69 Å². The molecule has 0 N–H and O–H groups in total. The van der Waals surface area contributed by atoms with Gasteiger partial charge in [0.2, 0.25) is 5.91 Å². The number of amides is 1. The second-order valence-electron chi connectivity index (χ2n) is 12.0. The summed E-state index contributed by atoms with van der Waals surface area (Å²) in [6.45, 7) is 11.2. The van der Waals surface area contributed by atoms with E-state index in [1.54, 1.807) is 9.47 Å².